The molecule has 5 atom stereocenters. The number of hydrogen-bond donors (Lipinski definition) is 10. The zero-order valence-electron chi connectivity index (χ0n) is 43.8. The average Bonchev–Trinajstić information content (AvgIpc) is 3.85. The standard InChI is InChI=1S/C51H53F4N10O17P/c1-3-50(76)29-14-34-43-27(20-64(34)48(74)28(29)21-80-49(50)75)42-31(10-9-26-24(2)30(52)15-32(62-43)41(26)42)63-47(73)44(51(53,54)55)81-23-60-37(67)18-58-45(71)33(13-25-7-5-4-6-8-25)61-38(68)19-57-36(66)17-59-46(72)35(16-56-22-82-83(77,78)79)65-39(69)11-12-40(65)70/h4-8,11-12,14-15,31,33,35,44,56,76H,3,9-10,13,16-23H2,1-2H3,(H,57,66)(H,58,71)(H,59,72)(H,60,67)(H,61,68)(H,63,73)(H2,77,78,79)/t31-,33-,35?,44-,50-/m0/s1. The number of cyclic esters (lactones) is 1. The lowest BCUT2D eigenvalue weighted by Crippen LogP contribution is -2.55. The number of imide groups is 1. The van der Waals surface area contributed by atoms with Crippen molar-refractivity contribution in [1.82, 2.24) is 51.7 Å². The van der Waals surface area contributed by atoms with E-state index < -0.39 is 155 Å². The topological polar surface area (TPSA) is 381 Å². The molecular formula is C51H53F4N10O17P. The van der Waals surface area contributed by atoms with Crippen LogP contribution in [-0.4, -0.2) is 147 Å². The van der Waals surface area contributed by atoms with Gasteiger partial charge in [-0.15, -0.1) is 0 Å². The van der Waals surface area contributed by atoms with Crippen molar-refractivity contribution in [3.8, 4) is 11.4 Å². The Morgan fingerprint density at radius 1 is 0.880 bits per heavy atom. The van der Waals surface area contributed by atoms with Crippen LogP contribution in [-0.2, 0) is 93.3 Å². The number of alkyl halides is 3. The molecule has 10 N–H and O–H groups in total. The SMILES string of the molecule is CC[C@@]1(O)C(=O)OCc2c1cc1n(c2=O)Cc2c-1nc1cc(F)c(C)c3c1c2[C@@H](NC(=O)[C@H](OCNC(=O)CNC(=O)[C@H](Cc1ccccc1)NC(=O)CNC(=O)CNC(=O)C(CNCOP(=O)(O)O)N1C(=O)C=CC1=O)C(F)(F)F)CC3. The molecule has 0 fully saturated rings. The Morgan fingerprint density at radius 2 is 1.54 bits per heavy atom. The fourth-order valence-electron chi connectivity index (χ4n) is 10.0. The van der Waals surface area contributed by atoms with E-state index in [0.29, 0.717) is 27.0 Å². The van der Waals surface area contributed by atoms with E-state index in [4.69, 9.17) is 24.2 Å². The average molecular weight is 1190 g/mol. The van der Waals surface area contributed by atoms with Crippen LogP contribution in [0.25, 0.3) is 22.3 Å². The van der Waals surface area contributed by atoms with Gasteiger partial charge in [0.2, 0.25) is 35.6 Å². The third kappa shape index (κ3) is 13.3. The van der Waals surface area contributed by atoms with Crippen molar-refractivity contribution >= 4 is 72.0 Å². The minimum absolute atomic E-state index is 0.00545. The summed E-state index contributed by atoms with van der Waals surface area (Å²) in [6, 6.07) is 6.36. The van der Waals surface area contributed by atoms with Gasteiger partial charge in [0.1, 0.15) is 38.0 Å². The van der Waals surface area contributed by atoms with Gasteiger partial charge < -0.3 is 60.8 Å². The number of rotatable bonds is 23. The van der Waals surface area contributed by atoms with E-state index in [9.17, 15) is 70.8 Å². The van der Waals surface area contributed by atoms with Crippen molar-refractivity contribution < 1.29 is 94.2 Å². The molecule has 0 bridgehead atoms. The van der Waals surface area contributed by atoms with Crippen LogP contribution in [0, 0.1) is 12.7 Å². The minimum atomic E-state index is -5.37. The first kappa shape index (κ1) is 60.8. The van der Waals surface area contributed by atoms with Gasteiger partial charge in [0.25, 0.3) is 23.3 Å². The van der Waals surface area contributed by atoms with E-state index >= 15 is 4.39 Å². The summed E-state index contributed by atoms with van der Waals surface area (Å²) in [4.78, 5) is 153. The number of pyridine rings is 2. The number of amides is 8. The summed E-state index contributed by atoms with van der Waals surface area (Å²) in [5, 5.41) is 27.5. The molecule has 8 rings (SSSR count). The summed E-state index contributed by atoms with van der Waals surface area (Å²) < 4.78 is 86.1. The summed E-state index contributed by atoms with van der Waals surface area (Å²) in [6.07, 6.45) is -7.14. The molecule has 1 aliphatic carbocycles. The minimum Gasteiger partial charge on any atom is -0.458 e. The lowest BCUT2D eigenvalue weighted by molar-refractivity contribution is -0.220. The summed E-state index contributed by atoms with van der Waals surface area (Å²) in [5.74, 6) is -10.2. The molecule has 5 heterocycles. The maximum Gasteiger partial charge on any atom is 0.470 e. The number of phosphoric ester groups is 1. The Kier molecular flexibility index (Phi) is 18.0. The second-order valence-electron chi connectivity index (χ2n) is 19.4. The first-order valence-electron chi connectivity index (χ1n) is 25.4. The molecule has 0 spiro atoms. The molecule has 4 aliphatic rings. The Bertz CT molecular complexity index is 3470. The zero-order chi connectivity index (χ0) is 60.3. The van der Waals surface area contributed by atoms with E-state index in [1.165, 1.54) is 24.5 Å². The Morgan fingerprint density at radius 3 is 2.20 bits per heavy atom. The van der Waals surface area contributed by atoms with Crippen LogP contribution >= 0.6 is 7.82 Å². The van der Waals surface area contributed by atoms with Crippen LogP contribution in [0.15, 0.2) is 59.4 Å². The Hall–Kier alpha value is -8.32. The first-order valence-corrected chi connectivity index (χ1v) is 26.9. The van der Waals surface area contributed by atoms with Crippen molar-refractivity contribution in [2.45, 2.75) is 88.7 Å². The second kappa shape index (κ2) is 24.6. The Labute approximate surface area is 466 Å². The van der Waals surface area contributed by atoms with E-state index in [0.717, 1.165) is 18.2 Å². The molecule has 1 unspecified atom stereocenters. The number of carbonyl (C=O) groups is 9. The van der Waals surface area contributed by atoms with Gasteiger partial charge in [0, 0.05) is 47.7 Å². The molecule has 4 aromatic rings. The van der Waals surface area contributed by atoms with Gasteiger partial charge in [-0.2, -0.15) is 13.2 Å². The molecule has 2 aromatic heterocycles. The monoisotopic (exact) mass is 1180 g/mol. The molecule has 0 saturated carbocycles. The molecule has 442 valence electrons. The van der Waals surface area contributed by atoms with Gasteiger partial charge in [0.05, 0.1) is 54.7 Å². The number of nitrogens with one attached hydrogen (secondary N) is 7. The van der Waals surface area contributed by atoms with E-state index in [1.807, 2.05) is 5.32 Å². The maximum atomic E-state index is 15.4. The summed E-state index contributed by atoms with van der Waals surface area (Å²) in [7, 11) is -4.94. The van der Waals surface area contributed by atoms with E-state index in [2.05, 4.69) is 36.4 Å². The molecule has 8 amide bonds. The van der Waals surface area contributed by atoms with Crippen LogP contribution in [0.2, 0.25) is 0 Å². The van der Waals surface area contributed by atoms with Gasteiger partial charge in [-0.05, 0) is 54.5 Å². The third-order valence-corrected chi connectivity index (χ3v) is 14.6. The highest BCUT2D eigenvalue weighted by molar-refractivity contribution is 7.46. The number of aryl methyl sites for hydroxylation is 1. The number of hydrogen-bond acceptors (Lipinski definition) is 17. The van der Waals surface area contributed by atoms with E-state index in [1.54, 1.807) is 30.3 Å². The van der Waals surface area contributed by atoms with Crippen LogP contribution in [0.1, 0.15) is 64.8 Å². The number of esters is 1. The van der Waals surface area contributed by atoms with Crippen LogP contribution in [0.4, 0.5) is 17.6 Å². The van der Waals surface area contributed by atoms with E-state index in [-0.39, 0.29) is 71.4 Å². The fraction of sp³-hybridized carbons (Fsp3) is 0.392. The van der Waals surface area contributed by atoms with Gasteiger partial charge in [-0.25, -0.2) is 18.7 Å². The lowest BCUT2D eigenvalue weighted by Gasteiger charge is -2.31. The number of ether oxygens (including phenoxy) is 2. The normalized spacial score (nSPS) is 18.1. The number of aliphatic hydroxyl groups is 1. The molecule has 2 aromatic carbocycles. The number of phosphoric acid groups is 1. The number of halogens is 4. The van der Waals surface area contributed by atoms with Gasteiger partial charge >= 0.3 is 20.0 Å². The van der Waals surface area contributed by atoms with Crippen LogP contribution in [0.5, 0.6) is 0 Å². The number of carbonyl (C=O) groups excluding carboxylic acids is 9. The van der Waals surface area contributed by atoms with Crippen LogP contribution < -0.4 is 42.8 Å². The molecule has 83 heavy (non-hydrogen) atoms. The largest absolute Gasteiger partial charge is 0.470 e. The van der Waals surface area contributed by atoms with Crippen molar-refractivity contribution in [2.24, 2.45) is 0 Å². The smallest absolute Gasteiger partial charge is 0.458 e. The third-order valence-electron chi connectivity index (χ3n) is 14.1. The van der Waals surface area contributed by atoms with Gasteiger partial charge in [-0.1, -0.05) is 37.3 Å². The first-order chi connectivity index (χ1) is 39.2. The predicted octanol–water partition coefficient (Wildman–Crippen LogP) is -1.32. The summed E-state index contributed by atoms with van der Waals surface area (Å²) >= 11 is 0. The predicted molar refractivity (Wildman–Crippen MR) is 274 cm³/mol. The van der Waals surface area contributed by atoms with Gasteiger partial charge in [-0.3, -0.25) is 57.9 Å². The van der Waals surface area contributed by atoms with Crippen molar-refractivity contribution in [1.29, 1.82) is 0 Å². The molecule has 27 nitrogen and oxygen atoms in total. The number of aromatic nitrogens is 2. The molecule has 0 saturated heterocycles. The zero-order valence-corrected chi connectivity index (χ0v) is 44.7. The van der Waals surface area contributed by atoms with Gasteiger partial charge in [0.15, 0.2) is 5.60 Å². The highest BCUT2D eigenvalue weighted by Crippen LogP contribution is 2.46. The summed E-state index contributed by atoms with van der Waals surface area (Å²) in [6.45, 7) is -2.72. The van der Waals surface area contributed by atoms with Crippen molar-refractivity contribution in [3.63, 3.8) is 0 Å². The highest BCUT2D eigenvalue weighted by atomic mass is 31.2. The number of fused-ring (bicyclic) bond motifs is 5. The molecular weight excluding hydrogens is 1130 g/mol. The molecule has 32 heteroatoms. The number of nitrogens with zero attached hydrogens (tertiary/aromatic N) is 3. The second-order valence-corrected chi connectivity index (χ2v) is 20.6. The van der Waals surface area contributed by atoms with Crippen LogP contribution in [0.3, 0.4) is 0 Å². The summed E-state index contributed by atoms with van der Waals surface area (Å²) in [5.41, 5.74) is -0.790. The molecule has 3 aliphatic heterocycles. The maximum absolute atomic E-state index is 15.4. The highest BCUT2D eigenvalue weighted by Gasteiger charge is 2.49. The fourth-order valence-corrected chi connectivity index (χ4v) is 10.3. The van der Waals surface area contributed by atoms with Crippen molar-refractivity contribution in [2.75, 3.05) is 39.6 Å². The van der Waals surface area contributed by atoms with Crippen molar-refractivity contribution in [3.05, 3.63) is 110 Å². The lowest BCUT2D eigenvalue weighted by atomic mass is 9.81. The molecule has 0 radical (unpaired) electrons. The Balaban J connectivity index is 0.877. The number of benzene rings is 2. The quantitative estimate of drug-likeness (QED) is 0.00905.